The Morgan fingerprint density at radius 3 is 2.75 bits per heavy atom. The summed E-state index contributed by atoms with van der Waals surface area (Å²) in [6.45, 7) is 0.579. The van der Waals surface area contributed by atoms with Crippen molar-refractivity contribution < 1.29 is 10.2 Å². The highest BCUT2D eigenvalue weighted by Crippen LogP contribution is 2.35. The maximum absolute atomic E-state index is 10.2. The topological polar surface area (TPSA) is 94.1 Å². The van der Waals surface area contributed by atoms with Gasteiger partial charge in [0, 0.05) is 42.8 Å². The second-order valence-electron chi connectivity index (χ2n) is 5.16. The molecule has 1 fully saturated rings. The van der Waals surface area contributed by atoms with Gasteiger partial charge in [-0.25, -0.2) is 4.98 Å². The lowest BCUT2D eigenvalue weighted by molar-refractivity contribution is 0.0297. The lowest BCUT2D eigenvalue weighted by Crippen LogP contribution is -2.41. The minimum absolute atomic E-state index is 0.0749. The lowest BCUT2D eigenvalue weighted by atomic mass is 9.94. The molecule has 4 N–H and O–H groups in total. The Hall–Kier alpha value is -1.76. The van der Waals surface area contributed by atoms with Crippen molar-refractivity contribution in [1.82, 2.24) is 20.3 Å². The summed E-state index contributed by atoms with van der Waals surface area (Å²) in [7, 11) is 0. The van der Waals surface area contributed by atoms with Crippen LogP contribution in [0.2, 0.25) is 0 Å². The van der Waals surface area contributed by atoms with Crippen molar-refractivity contribution >= 4 is 0 Å². The first-order chi connectivity index (χ1) is 9.75. The van der Waals surface area contributed by atoms with E-state index in [9.17, 15) is 10.2 Å². The summed E-state index contributed by atoms with van der Waals surface area (Å²) in [6, 6.07) is 3.68. The number of aliphatic hydroxyl groups excluding tert-OH is 2. The van der Waals surface area contributed by atoms with Gasteiger partial charge in [-0.15, -0.1) is 0 Å². The van der Waals surface area contributed by atoms with E-state index in [4.69, 9.17) is 0 Å². The first-order valence-electron chi connectivity index (χ1n) is 6.72. The van der Waals surface area contributed by atoms with E-state index >= 15 is 0 Å². The molecule has 1 aliphatic carbocycles. The second kappa shape index (κ2) is 5.70. The number of pyridine rings is 1. The molecule has 0 bridgehead atoms. The normalized spacial score (nSPS) is 29.7. The number of aromatic nitrogens is 3. The molecule has 0 aromatic carbocycles. The van der Waals surface area contributed by atoms with E-state index in [0.29, 0.717) is 13.0 Å². The molecule has 0 saturated heterocycles. The number of imidazole rings is 1. The average Bonchev–Trinajstić information content (AvgIpc) is 3.08. The Kier molecular flexibility index (Phi) is 3.77. The predicted molar refractivity (Wildman–Crippen MR) is 72.8 cm³/mol. The van der Waals surface area contributed by atoms with E-state index in [0.717, 1.165) is 11.3 Å². The zero-order chi connectivity index (χ0) is 13.9. The number of H-pyrrole nitrogens is 1. The van der Waals surface area contributed by atoms with Crippen LogP contribution in [-0.2, 0) is 6.54 Å². The molecular formula is C14H18N4O2. The Morgan fingerprint density at radius 1 is 1.25 bits per heavy atom. The van der Waals surface area contributed by atoms with E-state index in [2.05, 4.69) is 20.3 Å². The third-order valence-electron chi connectivity index (χ3n) is 3.91. The summed E-state index contributed by atoms with van der Waals surface area (Å²) in [5, 5.41) is 23.4. The molecule has 2 heterocycles. The van der Waals surface area contributed by atoms with Gasteiger partial charge in [-0.05, 0) is 24.1 Å². The van der Waals surface area contributed by atoms with E-state index in [-0.39, 0.29) is 12.0 Å². The molecule has 6 nitrogen and oxygen atoms in total. The predicted octanol–water partition coefficient (Wildman–Crippen LogP) is 0.172. The lowest BCUT2D eigenvalue weighted by Gasteiger charge is -2.23. The summed E-state index contributed by atoms with van der Waals surface area (Å²) in [5.41, 5.74) is 2.03. The largest absolute Gasteiger partial charge is 0.390 e. The molecule has 1 saturated carbocycles. The Balaban J connectivity index is 1.74. The zero-order valence-electron chi connectivity index (χ0n) is 11.0. The number of hydrogen-bond acceptors (Lipinski definition) is 5. The summed E-state index contributed by atoms with van der Waals surface area (Å²) < 4.78 is 0. The van der Waals surface area contributed by atoms with Gasteiger partial charge in [0.2, 0.25) is 0 Å². The third-order valence-corrected chi connectivity index (χ3v) is 3.91. The number of nitrogens with zero attached hydrogens (tertiary/aromatic N) is 2. The molecule has 0 radical (unpaired) electrons. The Bertz CT molecular complexity index is 531. The van der Waals surface area contributed by atoms with E-state index in [1.807, 2.05) is 12.1 Å². The molecule has 2 aromatic heterocycles. The molecule has 0 amide bonds. The summed E-state index contributed by atoms with van der Waals surface area (Å²) >= 11 is 0. The maximum Gasteiger partial charge on any atom is 0.0957 e. The minimum atomic E-state index is -0.768. The first kappa shape index (κ1) is 13.2. The van der Waals surface area contributed by atoms with E-state index < -0.39 is 12.2 Å². The van der Waals surface area contributed by atoms with Crippen molar-refractivity contribution in [2.75, 3.05) is 0 Å². The van der Waals surface area contributed by atoms with Crippen LogP contribution in [0.4, 0.5) is 0 Å². The fourth-order valence-electron chi connectivity index (χ4n) is 2.85. The summed E-state index contributed by atoms with van der Waals surface area (Å²) in [4.78, 5) is 11.0. The molecule has 0 spiro atoms. The third kappa shape index (κ3) is 2.58. The SMILES string of the molecule is O[C@H]1[C@H](NCc2cnc[nH]2)[C@@H](c2ccncc2)C[C@H]1O. The van der Waals surface area contributed by atoms with Crippen molar-refractivity contribution in [2.24, 2.45) is 0 Å². The van der Waals surface area contributed by atoms with Crippen LogP contribution in [0.1, 0.15) is 23.6 Å². The Morgan fingerprint density at radius 2 is 2.05 bits per heavy atom. The van der Waals surface area contributed by atoms with E-state index in [1.54, 1.807) is 24.9 Å². The molecule has 106 valence electrons. The monoisotopic (exact) mass is 274 g/mol. The van der Waals surface area contributed by atoms with Crippen molar-refractivity contribution in [2.45, 2.75) is 37.1 Å². The van der Waals surface area contributed by atoms with Gasteiger partial charge in [-0.1, -0.05) is 0 Å². The van der Waals surface area contributed by atoms with Gasteiger partial charge in [-0.2, -0.15) is 0 Å². The first-order valence-corrected chi connectivity index (χ1v) is 6.72. The highest BCUT2D eigenvalue weighted by molar-refractivity contribution is 5.22. The number of hydrogen-bond donors (Lipinski definition) is 4. The van der Waals surface area contributed by atoms with Crippen molar-refractivity contribution in [3.8, 4) is 0 Å². The van der Waals surface area contributed by atoms with Gasteiger partial charge in [0.1, 0.15) is 0 Å². The molecule has 4 atom stereocenters. The summed E-state index contributed by atoms with van der Waals surface area (Å²) in [5.74, 6) is 0.0749. The van der Waals surface area contributed by atoms with Gasteiger partial charge in [0.05, 0.1) is 18.5 Å². The van der Waals surface area contributed by atoms with Gasteiger partial charge >= 0.3 is 0 Å². The molecule has 2 aromatic rings. The molecular weight excluding hydrogens is 256 g/mol. The van der Waals surface area contributed by atoms with Crippen LogP contribution >= 0.6 is 0 Å². The van der Waals surface area contributed by atoms with E-state index in [1.165, 1.54) is 0 Å². The van der Waals surface area contributed by atoms with Crippen LogP contribution < -0.4 is 5.32 Å². The van der Waals surface area contributed by atoms with Crippen LogP contribution in [0, 0.1) is 0 Å². The van der Waals surface area contributed by atoms with Crippen LogP contribution in [0.3, 0.4) is 0 Å². The average molecular weight is 274 g/mol. The van der Waals surface area contributed by atoms with Gasteiger partial charge < -0.3 is 20.5 Å². The fraction of sp³-hybridized carbons (Fsp3) is 0.429. The summed E-state index contributed by atoms with van der Waals surface area (Å²) in [6.07, 6.45) is 5.91. The number of nitrogens with one attached hydrogen (secondary N) is 2. The molecule has 3 rings (SSSR count). The quantitative estimate of drug-likeness (QED) is 0.638. The molecule has 1 aliphatic rings. The van der Waals surface area contributed by atoms with Crippen molar-refractivity contribution in [3.63, 3.8) is 0 Å². The smallest absolute Gasteiger partial charge is 0.0957 e. The second-order valence-corrected chi connectivity index (χ2v) is 5.16. The minimum Gasteiger partial charge on any atom is -0.390 e. The zero-order valence-corrected chi connectivity index (χ0v) is 11.0. The van der Waals surface area contributed by atoms with Crippen molar-refractivity contribution in [1.29, 1.82) is 0 Å². The standard InChI is InChI=1S/C14H18N4O2/c19-12-5-11(9-1-3-15-4-2-9)13(14(12)20)17-7-10-6-16-8-18-10/h1-4,6,8,11-14,17,19-20H,5,7H2,(H,16,18)/t11-,12-,13-,14-/m1/s1. The fourth-order valence-corrected chi connectivity index (χ4v) is 2.85. The highest BCUT2D eigenvalue weighted by Gasteiger charge is 2.41. The van der Waals surface area contributed by atoms with Gasteiger partial charge in [0.25, 0.3) is 0 Å². The number of aliphatic hydroxyl groups is 2. The van der Waals surface area contributed by atoms with Crippen LogP contribution in [0.5, 0.6) is 0 Å². The van der Waals surface area contributed by atoms with Crippen LogP contribution in [-0.4, -0.2) is 43.4 Å². The van der Waals surface area contributed by atoms with Crippen LogP contribution in [0.25, 0.3) is 0 Å². The van der Waals surface area contributed by atoms with Crippen molar-refractivity contribution in [3.05, 3.63) is 48.3 Å². The molecule has 6 heteroatoms. The Labute approximate surface area is 116 Å². The molecule has 0 unspecified atom stereocenters. The maximum atomic E-state index is 10.2. The van der Waals surface area contributed by atoms with Gasteiger partial charge in [-0.3, -0.25) is 4.98 Å². The van der Waals surface area contributed by atoms with Gasteiger partial charge in [0.15, 0.2) is 0 Å². The molecule has 0 aliphatic heterocycles. The number of aromatic amines is 1. The highest BCUT2D eigenvalue weighted by atomic mass is 16.3. The van der Waals surface area contributed by atoms with Crippen LogP contribution in [0.15, 0.2) is 37.1 Å². The number of rotatable bonds is 4. The molecule has 20 heavy (non-hydrogen) atoms.